The number of nitrogens with zero attached hydrogens (tertiary/aromatic N) is 2. The molecule has 1 heterocycles. The number of aryl methyl sites for hydroxylation is 3. The molecule has 0 fully saturated rings. The smallest absolute Gasteiger partial charge is 0.250 e. The molecule has 0 atom stereocenters. The van der Waals surface area contributed by atoms with E-state index in [-0.39, 0.29) is 17.6 Å². The lowest BCUT2D eigenvalue weighted by Crippen LogP contribution is -2.15. The van der Waals surface area contributed by atoms with Gasteiger partial charge in [-0.3, -0.25) is 14.9 Å². The van der Waals surface area contributed by atoms with Crippen molar-refractivity contribution in [2.24, 2.45) is 0 Å². The van der Waals surface area contributed by atoms with Crippen LogP contribution in [0.25, 0.3) is 6.08 Å². The number of carbonyl (C=O) groups is 2. The largest absolute Gasteiger partial charge is 0.325 e. The molecule has 1 aromatic heterocycles. The van der Waals surface area contributed by atoms with Crippen molar-refractivity contribution in [3.05, 3.63) is 70.8 Å². The van der Waals surface area contributed by atoms with Gasteiger partial charge in [-0.25, -0.2) is 0 Å². The third-order valence-electron chi connectivity index (χ3n) is 4.13. The Bertz CT molecular complexity index is 1050. The first-order valence-corrected chi connectivity index (χ1v) is 11.1. The van der Waals surface area contributed by atoms with Crippen LogP contribution in [0.15, 0.2) is 52.9 Å². The van der Waals surface area contributed by atoms with Gasteiger partial charge in [0.15, 0.2) is 4.34 Å². The number of benzene rings is 2. The molecular formula is C22H22N4O2S2. The van der Waals surface area contributed by atoms with Gasteiger partial charge < -0.3 is 5.32 Å². The summed E-state index contributed by atoms with van der Waals surface area (Å²) < 4.78 is 0.616. The number of hydrogen-bond acceptors (Lipinski definition) is 6. The van der Waals surface area contributed by atoms with E-state index in [0.29, 0.717) is 9.47 Å². The standard InChI is InChI=1S/C22H22N4O2S2/c1-14-11-15(2)20(16(3)12-14)23-19(28)13-29-22-26-25-21(30-22)24-18(27)10-9-17-7-5-4-6-8-17/h4-12H,13H2,1-3H3,(H,23,28)(H,24,25,27). The average molecular weight is 439 g/mol. The summed E-state index contributed by atoms with van der Waals surface area (Å²) in [6.07, 6.45) is 3.18. The van der Waals surface area contributed by atoms with Crippen molar-refractivity contribution in [2.75, 3.05) is 16.4 Å². The number of hydrogen-bond donors (Lipinski definition) is 2. The summed E-state index contributed by atoms with van der Waals surface area (Å²) in [5.41, 5.74) is 5.03. The van der Waals surface area contributed by atoms with Crippen molar-refractivity contribution in [2.45, 2.75) is 25.1 Å². The van der Waals surface area contributed by atoms with E-state index in [1.807, 2.05) is 63.2 Å². The van der Waals surface area contributed by atoms with E-state index in [0.717, 1.165) is 22.4 Å². The molecule has 2 aromatic carbocycles. The molecule has 0 aliphatic heterocycles. The second kappa shape index (κ2) is 10.2. The lowest BCUT2D eigenvalue weighted by Gasteiger charge is -2.12. The van der Waals surface area contributed by atoms with Gasteiger partial charge in [0.1, 0.15) is 0 Å². The normalized spacial score (nSPS) is 10.9. The highest BCUT2D eigenvalue weighted by molar-refractivity contribution is 8.01. The summed E-state index contributed by atoms with van der Waals surface area (Å²) in [6.45, 7) is 5.99. The van der Waals surface area contributed by atoms with Crippen LogP contribution in [0.4, 0.5) is 10.8 Å². The zero-order valence-corrected chi connectivity index (χ0v) is 18.6. The first-order chi connectivity index (χ1) is 14.4. The molecule has 0 unspecified atom stereocenters. The SMILES string of the molecule is Cc1cc(C)c(NC(=O)CSc2nnc(NC(=O)C=Cc3ccccc3)s2)c(C)c1. The highest BCUT2D eigenvalue weighted by Crippen LogP contribution is 2.26. The topological polar surface area (TPSA) is 84.0 Å². The minimum atomic E-state index is -0.283. The monoisotopic (exact) mass is 438 g/mol. The van der Waals surface area contributed by atoms with E-state index in [2.05, 4.69) is 20.8 Å². The van der Waals surface area contributed by atoms with Crippen LogP contribution in [0.2, 0.25) is 0 Å². The van der Waals surface area contributed by atoms with Gasteiger partial charge in [0.25, 0.3) is 0 Å². The third-order valence-corrected chi connectivity index (χ3v) is 6.10. The van der Waals surface area contributed by atoms with Crippen LogP contribution in [0.5, 0.6) is 0 Å². The van der Waals surface area contributed by atoms with Gasteiger partial charge in [-0.1, -0.05) is 71.1 Å². The zero-order chi connectivity index (χ0) is 21.5. The van der Waals surface area contributed by atoms with Gasteiger partial charge in [0, 0.05) is 11.8 Å². The summed E-state index contributed by atoms with van der Waals surface area (Å²) >= 11 is 2.52. The predicted molar refractivity (Wildman–Crippen MR) is 124 cm³/mol. The number of nitrogens with one attached hydrogen (secondary N) is 2. The van der Waals surface area contributed by atoms with Crippen molar-refractivity contribution in [3.63, 3.8) is 0 Å². The molecule has 3 rings (SSSR count). The molecule has 0 radical (unpaired) electrons. The fourth-order valence-corrected chi connectivity index (χ4v) is 4.44. The fraction of sp³-hybridized carbons (Fsp3) is 0.182. The zero-order valence-electron chi connectivity index (χ0n) is 16.9. The van der Waals surface area contributed by atoms with Crippen LogP contribution < -0.4 is 10.6 Å². The van der Waals surface area contributed by atoms with Gasteiger partial charge in [0.05, 0.1) is 5.75 Å². The molecule has 30 heavy (non-hydrogen) atoms. The van der Waals surface area contributed by atoms with Crippen LogP contribution in [-0.2, 0) is 9.59 Å². The van der Waals surface area contributed by atoms with Gasteiger partial charge >= 0.3 is 0 Å². The minimum Gasteiger partial charge on any atom is -0.325 e. The second-order valence-corrected chi connectivity index (χ2v) is 8.92. The summed E-state index contributed by atoms with van der Waals surface area (Å²) in [6, 6.07) is 13.6. The molecule has 8 heteroatoms. The number of amides is 2. The van der Waals surface area contributed by atoms with Crippen LogP contribution in [0.1, 0.15) is 22.3 Å². The molecule has 0 saturated carbocycles. The number of thioether (sulfide) groups is 1. The van der Waals surface area contributed by atoms with Gasteiger partial charge in [-0.05, 0) is 43.5 Å². The Kier molecular flexibility index (Phi) is 7.37. The molecule has 0 aliphatic rings. The molecule has 0 aliphatic carbocycles. The Labute approximate surface area is 183 Å². The Hall–Kier alpha value is -2.97. The Balaban J connectivity index is 1.50. The van der Waals surface area contributed by atoms with E-state index in [1.54, 1.807) is 6.08 Å². The number of rotatable bonds is 7. The van der Waals surface area contributed by atoms with Crippen molar-refractivity contribution < 1.29 is 9.59 Å². The first-order valence-electron chi connectivity index (χ1n) is 9.29. The molecule has 2 N–H and O–H groups in total. The fourth-order valence-electron chi connectivity index (χ4n) is 2.88. The van der Waals surface area contributed by atoms with E-state index in [4.69, 9.17) is 0 Å². The minimum absolute atomic E-state index is 0.110. The maximum atomic E-state index is 12.3. The maximum absolute atomic E-state index is 12.3. The maximum Gasteiger partial charge on any atom is 0.250 e. The van der Waals surface area contributed by atoms with E-state index in [9.17, 15) is 9.59 Å². The summed E-state index contributed by atoms with van der Waals surface area (Å²) in [5.74, 6) is -0.181. The molecule has 0 spiro atoms. The van der Waals surface area contributed by atoms with Crippen LogP contribution in [0, 0.1) is 20.8 Å². The summed E-state index contributed by atoms with van der Waals surface area (Å²) in [4.78, 5) is 24.3. The molecule has 6 nitrogen and oxygen atoms in total. The van der Waals surface area contributed by atoms with E-state index in [1.165, 1.54) is 34.7 Å². The lowest BCUT2D eigenvalue weighted by molar-refractivity contribution is -0.114. The van der Waals surface area contributed by atoms with Crippen LogP contribution in [-0.4, -0.2) is 27.8 Å². The van der Waals surface area contributed by atoms with Crippen molar-refractivity contribution in [3.8, 4) is 0 Å². The summed E-state index contributed by atoms with van der Waals surface area (Å²) in [7, 11) is 0. The lowest BCUT2D eigenvalue weighted by atomic mass is 10.1. The molecular weight excluding hydrogens is 416 g/mol. The molecule has 2 amide bonds. The highest BCUT2D eigenvalue weighted by atomic mass is 32.2. The van der Waals surface area contributed by atoms with Crippen molar-refractivity contribution in [1.29, 1.82) is 0 Å². The molecule has 154 valence electrons. The Morgan fingerprint density at radius 3 is 2.43 bits per heavy atom. The van der Waals surface area contributed by atoms with Crippen molar-refractivity contribution in [1.82, 2.24) is 10.2 Å². The van der Waals surface area contributed by atoms with Crippen LogP contribution >= 0.6 is 23.1 Å². The Morgan fingerprint density at radius 2 is 1.73 bits per heavy atom. The summed E-state index contributed by atoms with van der Waals surface area (Å²) in [5, 5.41) is 14.0. The van der Waals surface area contributed by atoms with Gasteiger partial charge in [-0.2, -0.15) is 0 Å². The number of aromatic nitrogens is 2. The number of carbonyl (C=O) groups excluding carboxylic acids is 2. The highest BCUT2D eigenvalue weighted by Gasteiger charge is 2.12. The van der Waals surface area contributed by atoms with Gasteiger partial charge in [-0.15, -0.1) is 10.2 Å². The van der Waals surface area contributed by atoms with Crippen molar-refractivity contribution >= 4 is 51.8 Å². The average Bonchev–Trinajstić information content (AvgIpc) is 3.15. The van der Waals surface area contributed by atoms with Crippen LogP contribution in [0.3, 0.4) is 0 Å². The second-order valence-electron chi connectivity index (χ2n) is 6.72. The molecule has 0 bridgehead atoms. The molecule has 3 aromatic rings. The molecule has 0 saturated heterocycles. The first kappa shape index (κ1) is 21.7. The van der Waals surface area contributed by atoms with Gasteiger partial charge in [0.2, 0.25) is 16.9 Å². The van der Waals surface area contributed by atoms with E-state index < -0.39 is 0 Å². The third kappa shape index (κ3) is 6.27. The quantitative estimate of drug-likeness (QED) is 0.313. The van der Waals surface area contributed by atoms with E-state index >= 15 is 0 Å². The predicted octanol–water partition coefficient (Wildman–Crippen LogP) is 4.85. The Morgan fingerprint density at radius 1 is 1.03 bits per heavy atom. The number of anilines is 2.